The molecule has 0 atom stereocenters. The Labute approximate surface area is 131 Å². The third kappa shape index (κ3) is 3.76. The second-order valence-corrected chi connectivity index (χ2v) is 5.87. The van der Waals surface area contributed by atoms with E-state index in [4.69, 9.17) is 14.2 Å². The van der Waals surface area contributed by atoms with Gasteiger partial charge in [-0.1, -0.05) is 0 Å². The molecule has 0 N–H and O–H groups in total. The smallest absolute Gasteiger partial charge is 0.339 e. The molecule has 0 aliphatic heterocycles. The third-order valence-electron chi connectivity index (χ3n) is 2.75. The second kappa shape index (κ2) is 6.62. The molecule has 0 aromatic heterocycles. The maximum Gasteiger partial charge on any atom is 0.339 e. The van der Waals surface area contributed by atoms with E-state index in [1.54, 1.807) is 6.92 Å². The van der Waals surface area contributed by atoms with E-state index < -0.39 is 26.6 Å². The summed E-state index contributed by atoms with van der Waals surface area (Å²) in [6.45, 7) is 1.89. The quantitative estimate of drug-likeness (QED) is 0.783. The molecule has 0 unspecified atom stereocenters. The van der Waals surface area contributed by atoms with Crippen LogP contribution in [0.5, 0.6) is 11.5 Å². The number of nitrogens with zero attached hydrogens (tertiary/aromatic N) is 1. The minimum Gasteiger partial charge on any atom is -0.490 e. The Hall–Kier alpha value is -2.66. The highest BCUT2D eigenvalue weighted by atomic mass is 32.2. The lowest BCUT2D eigenvalue weighted by molar-refractivity contribution is 0.327. The fourth-order valence-corrected chi connectivity index (χ4v) is 2.67. The largest absolute Gasteiger partial charge is 0.490 e. The molecule has 0 aliphatic rings. The molecule has 0 spiro atoms. The van der Waals surface area contributed by atoms with Crippen molar-refractivity contribution in [2.24, 2.45) is 0 Å². The predicted molar refractivity (Wildman–Crippen MR) is 76.5 cm³/mol. The minimum absolute atomic E-state index is 0.0534. The van der Waals surface area contributed by atoms with Crippen LogP contribution >= 0.6 is 0 Å². The summed E-state index contributed by atoms with van der Waals surface area (Å²) < 4.78 is 60.5. The summed E-state index contributed by atoms with van der Waals surface area (Å²) in [5.74, 6) is -2.58. The summed E-state index contributed by atoms with van der Waals surface area (Å²) in [6, 6.07) is 7.90. The van der Waals surface area contributed by atoms with Gasteiger partial charge in [-0.05, 0) is 37.3 Å². The first kappa shape index (κ1) is 16.7. The standard InChI is InChI=1S/C15H11F2NO4S/c1-2-21-15-7-10(9-18)3-6-14(15)22-23(19,20)11-4-5-12(16)13(17)8-11/h3-8H,2H2,1H3. The third-order valence-corrected chi connectivity index (χ3v) is 3.98. The van der Waals surface area contributed by atoms with Gasteiger partial charge in [0, 0.05) is 6.07 Å². The Morgan fingerprint density at radius 1 is 1.09 bits per heavy atom. The maximum atomic E-state index is 13.2. The van der Waals surface area contributed by atoms with Crippen LogP contribution in [-0.4, -0.2) is 15.0 Å². The monoisotopic (exact) mass is 339 g/mol. The van der Waals surface area contributed by atoms with Gasteiger partial charge in [0.15, 0.2) is 23.1 Å². The number of ether oxygens (including phenoxy) is 1. The predicted octanol–water partition coefficient (Wildman–Crippen LogP) is 3.00. The number of rotatable bonds is 5. The van der Waals surface area contributed by atoms with E-state index in [-0.39, 0.29) is 23.7 Å². The Kier molecular flexibility index (Phi) is 4.81. The van der Waals surface area contributed by atoms with Gasteiger partial charge in [0.1, 0.15) is 4.90 Å². The average molecular weight is 339 g/mol. The summed E-state index contributed by atoms with van der Waals surface area (Å²) in [5.41, 5.74) is 0.256. The minimum atomic E-state index is -4.38. The van der Waals surface area contributed by atoms with Crippen LogP contribution in [-0.2, 0) is 10.1 Å². The highest BCUT2D eigenvalue weighted by molar-refractivity contribution is 7.87. The van der Waals surface area contributed by atoms with Gasteiger partial charge < -0.3 is 8.92 Å². The van der Waals surface area contributed by atoms with Crippen molar-refractivity contribution in [1.29, 1.82) is 5.26 Å². The molecule has 8 heteroatoms. The molecule has 0 radical (unpaired) electrons. The van der Waals surface area contributed by atoms with Crippen LogP contribution in [0.4, 0.5) is 8.78 Å². The number of benzene rings is 2. The summed E-state index contributed by atoms with van der Waals surface area (Å²) in [5, 5.41) is 8.85. The summed E-state index contributed by atoms with van der Waals surface area (Å²) >= 11 is 0. The number of nitriles is 1. The van der Waals surface area contributed by atoms with Crippen molar-refractivity contribution >= 4 is 10.1 Å². The van der Waals surface area contributed by atoms with E-state index in [2.05, 4.69) is 0 Å². The van der Waals surface area contributed by atoms with Gasteiger partial charge in [0.25, 0.3) is 0 Å². The molecule has 0 bridgehead atoms. The van der Waals surface area contributed by atoms with E-state index in [9.17, 15) is 17.2 Å². The molecular weight excluding hydrogens is 328 g/mol. The molecule has 2 rings (SSSR count). The lowest BCUT2D eigenvalue weighted by atomic mass is 10.2. The van der Waals surface area contributed by atoms with Crippen molar-refractivity contribution in [1.82, 2.24) is 0 Å². The van der Waals surface area contributed by atoms with Gasteiger partial charge in [-0.2, -0.15) is 13.7 Å². The first-order valence-electron chi connectivity index (χ1n) is 6.44. The Bertz CT molecular complexity index is 876. The summed E-state index contributed by atoms with van der Waals surface area (Å²) in [7, 11) is -4.38. The van der Waals surface area contributed by atoms with Crippen LogP contribution in [0.15, 0.2) is 41.3 Å². The molecule has 0 aliphatic carbocycles. The molecule has 0 saturated carbocycles. The van der Waals surface area contributed by atoms with Gasteiger partial charge in [-0.3, -0.25) is 0 Å². The van der Waals surface area contributed by atoms with Crippen LogP contribution in [0.2, 0.25) is 0 Å². The zero-order chi connectivity index (χ0) is 17.0. The fraction of sp³-hybridized carbons (Fsp3) is 0.133. The van der Waals surface area contributed by atoms with Crippen LogP contribution < -0.4 is 8.92 Å². The number of hydrogen-bond acceptors (Lipinski definition) is 5. The van der Waals surface area contributed by atoms with Crippen molar-refractivity contribution in [3.8, 4) is 17.6 Å². The van der Waals surface area contributed by atoms with Crippen molar-refractivity contribution in [2.75, 3.05) is 6.61 Å². The van der Waals surface area contributed by atoms with Gasteiger partial charge in [0.05, 0.1) is 18.2 Å². The normalized spacial score (nSPS) is 10.9. The van der Waals surface area contributed by atoms with E-state index in [1.165, 1.54) is 18.2 Å². The van der Waals surface area contributed by atoms with E-state index in [0.29, 0.717) is 12.1 Å². The van der Waals surface area contributed by atoms with Crippen molar-refractivity contribution in [2.45, 2.75) is 11.8 Å². The molecule has 2 aromatic rings. The molecule has 0 amide bonds. The molecule has 5 nitrogen and oxygen atoms in total. The Morgan fingerprint density at radius 2 is 1.83 bits per heavy atom. The van der Waals surface area contributed by atoms with E-state index >= 15 is 0 Å². The number of hydrogen-bond donors (Lipinski definition) is 0. The first-order valence-corrected chi connectivity index (χ1v) is 7.84. The molecule has 0 fully saturated rings. The zero-order valence-electron chi connectivity index (χ0n) is 11.9. The zero-order valence-corrected chi connectivity index (χ0v) is 12.7. The summed E-state index contributed by atoms with van der Waals surface area (Å²) in [6.07, 6.45) is 0. The highest BCUT2D eigenvalue weighted by Gasteiger charge is 2.21. The Balaban J connectivity index is 2.40. The van der Waals surface area contributed by atoms with Crippen LogP contribution in [0, 0.1) is 23.0 Å². The lowest BCUT2D eigenvalue weighted by Crippen LogP contribution is -2.11. The molecular formula is C15H11F2NO4S. The molecule has 120 valence electrons. The fourth-order valence-electron chi connectivity index (χ4n) is 1.71. The lowest BCUT2D eigenvalue weighted by Gasteiger charge is -2.12. The number of halogens is 2. The highest BCUT2D eigenvalue weighted by Crippen LogP contribution is 2.31. The van der Waals surface area contributed by atoms with Gasteiger partial charge in [0.2, 0.25) is 0 Å². The molecule has 0 saturated heterocycles. The average Bonchev–Trinajstić information content (AvgIpc) is 2.51. The van der Waals surface area contributed by atoms with Gasteiger partial charge in [-0.15, -0.1) is 0 Å². The summed E-state index contributed by atoms with van der Waals surface area (Å²) in [4.78, 5) is -0.539. The maximum absolute atomic E-state index is 13.2. The van der Waals surface area contributed by atoms with Crippen molar-refractivity contribution in [3.63, 3.8) is 0 Å². The second-order valence-electron chi connectivity index (χ2n) is 4.32. The van der Waals surface area contributed by atoms with Crippen LogP contribution in [0.25, 0.3) is 0 Å². The SMILES string of the molecule is CCOc1cc(C#N)ccc1OS(=O)(=O)c1ccc(F)c(F)c1. The molecule has 2 aromatic carbocycles. The van der Waals surface area contributed by atoms with Gasteiger partial charge in [-0.25, -0.2) is 8.78 Å². The van der Waals surface area contributed by atoms with Crippen molar-refractivity contribution in [3.05, 3.63) is 53.6 Å². The molecule has 0 heterocycles. The Morgan fingerprint density at radius 3 is 2.43 bits per heavy atom. The van der Waals surface area contributed by atoms with E-state index in [1.807, 2.05) is 6.07 Å². The van der Waals surface area contributed by atoms with Crippen LogP contribution in [0.1, 0.15) is 12.5 Å². The topological polar surface area (TPSA) is 76.4 Å². The van der Waals surface area contributed by atoms with Gasteiger partial charge >= 0.3 is 10.1 Å². The van der Waals surface area contributed by atoms with E-state index in [0.717, 1.165) is 6.07 Å². The first-order chi connectivity index (χ1) is 10.9. The molecule has 23 heavy (non-hydrogen) atoms. The van der Waals surface area contributed by atoms with Crippen molar-refractivity contribution < 1.29 is 26.1 Å². The van der Waals surface area contributed by atoms with Crippen LogP contribution in [0.3, 0.4) is 0 Å².